The maximum atomic E-state index is 6.26. The van der Waals surface area contributed by atoms with Gasteiger partial charge in [-0.1, -0.05) is 67.3 Å². The first-order valence-electron chi connectivity index (χ1n) is 9.67. The second-order valence-electron chi connectivity index (χ2n) is 6.93. The van der Waals surface area contributed by atoms with E-state index in [0.29, 0.717) is 6.54 Å². The van der Waals surface area contributed by atoms with Crippen molar-refractivity contribution in [3.05, 3.63) is 101 Å². The van der Waals surface area contributed by atoms with Crippen molar-refractivity contribution in [2.24, 2.45) is 4.99 Å². The van der Waals surface area contributed by atoms with Gasteiger partial charge in [-0.2, -0.15) is 0 Å². The SMILES string of the molecule is C=C/C=C(\C=C\C)CCN=c1cc(-c2ccccc2)oc2cc(C)cc(C)c12. The van der Waals surface area contributed by atoms with Crippen LogP contribution in [0.5, 0.6) is 0 Å². The van der Waals surface area contributed by atoms with Gasteiger partial charge in [0, 0.05) is 23.6 Å². The third-order valence-electron chi connectivity index (χ3n) is 4.64. The van der Waals surface area contributed by atoms with Crippen LogP contribution in [0.25, 0.3) is 22.3 Å². The van der Waals surface area contributed by atoms with Crippen molar-refractivity contribution < 1.29 is 4.42 Å². The minimum Gasteiger partial charge on any atom is -0.456 e. The van der Waals surface area contributed by atoms with Gasteiger partial charge in [-0.25, -0.2) is 0 Å². The Kier molecular flexibility index (Phi) is 6.44. The molecule has 0 bridgehead atoms. The van der Waals surface area contributed by atoms with Crippen LogP contribution in [-0.2, 0) is 0 Å². The number of benzene rings is 2. The van der Waals surface area contributed by atoms with Crippen molar-refractivity contribution in [2.75, 3.05) is 6.54 Å². The van der Waals surface area contributed by atoms with Crippen molar-refractivity contribution in [3.63, 3.8) is 0 Å². The molecule has 0 saturated heterocycles. The Morgan fingerprint density at radius 1 is 1.11 bits per heavy atom. The quantitative estimate of drug-likeness (QED) is 0.444. The standard InChI is InChI=1S/C26H27NO/c1-5-10-21(11-6-2)14-15-27-23-18-24(22-12-8-7-9-13-22)28-25-17-19(3)16-20(4)26(23)25/h5-13,16-18H,1,14-15H2,2-4H3/b11-6+,21-10+,27-23?. The van der Waals surface area contributed by atoms with Gasteiger partial charge < -0.3 is 4.42 Å². The molecule has 0 N–H and O–H groups in total. The highest BCUT2D eigenvalue weighted by molar-refractivity contribution is 5.82. The van der Waals surface area contributed by atoms with Gasteiger partial charge in [-0.3, -0.25) is 4.99 Å². The fraction of sp³-hybridized carbons (Fsp3) is 0.192. The van der Waals surface area contributed by atoms with Crippen molar-refractivity contribution in [2.45, 2.75) is 27.2 Å². The Balaban J connectivity index is 2.11. The molecule has 0 aliphatic heterocycles. The van der Waals surface area contributed by atoms with E-state index in [1.807, 2.05) is 43.4 Å². The van der Waals surface area contributed by atoms with Crippen LogP contribution in [0, 0.1) is 13.8 Å². The van der Waals surface area contributed by atoms with E-state index in [2.05, 4.69) is 56.8 Å². The Labute approximate surface area is 167 Å². The van der Waals surface area contributed by atoms with Crippen LogP contribution in [0.1, 0.15) is 24.5 Å². The number of aryl methyl sites for hydroxylation is 2. The summed E-state index contributed by atoms with van der Waals surface area (Å²) in [5.41, 5.74) is 5.54. The molecule has 0 spiro atoms. The van der Waals surface area contributed by atoms with Crippen LogP contribution in [0.4, 0.5) is 0 Å². The van der Waals surface area contributed by atoms with Crippen molar-refractivity contribution in [1.82, 2.24) is 0 Å². The molecule has 1 aromatic heterocycles. The first-order chi connectivity index (χ1) is 13.6. The summed E-state index contributed by atoms with van der Waals surface area (Å²) in [4.78, 5) is 4.95. The summed E-state index contributed by atoms with van der Waals surface area (Å²) >= 11 is 0. The van der Waals surface area contributed by atoms with Gasteiger partial charge in [-0.05, 0) is 50.0 Å². The summed E-state index contributed by atoms with van der Waals surface area (Å²) < 4.78 is 6.26. The number of allylic oxidation sites excluding steroid dienone is 4. The predicted molar refractivity (Wildman–Crippen MR) is 119 cm³/mol. The summed E-state index contributed by atoms with van der Waals surface area (Å²) in [6.07, 6.45) is 8.90. The van der Waals surface area contributed by atoms with Gasteiger partial charge in [0.25, 0.3) is 0 Å². The normalized spacial score (nSPS) is 12.8. The van der Waals surface area contributed by atoms with E-state index in [0.717, 1.165) is 34.1 Å². The molecule has 2 heteroatoms. The molecule has 28 heavy (non-hydrogen) atoms. The molecule has 2 nitrogen and oxygen atoms in total. The lowest BCUT2D eigenvalue weighted by Crippen LogP contribution is -2.07. The van der Waals surface area contributed by atoms with Crippen LogP contribution >= 0.6 is 0 Å². The molecule has 0 unspecified atom stereocenters. The second kappa shape index (κ2) is 9.18. The lowest BCUT2D eigenvalue weighted by molar-refractivity contribution is 0.617. The number of nitrogens with zero attached hydrogens (tertiary/aromatic N) is 1. The third-order valence-corrected chi connectivity index (χ3v) is 4.64. The maximum Gasteiger partial charge on any atom is 0.137 e. The Hall–Kier alpha value is -3.13. The molecule has 0 aliphatic carbocycles. The number of fused-ring (bicyclic) bond motifs is 1. The molecule has 0 radical (unpaired) electrons. The smallest absolute Gasteiger partial charge is 0.137 e. The summed E-state index contributed by atoms with van der Waals surface area (Å²) in [5.74, 6) is 0.840. The summed E-state index contributed by atoms with van der Waals surface area (Å²) in [7, 11) is 0. The van der Waals surface area contributed by atoms with Gasteiger partial charge >= 0.3 is 0 Å². The average Bonchev–Trinajstić information content (AvgIpc) is 2.68. The molecule has 3 aromatic rings. The molecule has 0 aliphatic rings. The third kappa shape index (κ3) is 4.58. The highest BCUT2D eigenvalue weighted by atomic mass is 16.3. The maximum absolute atomic E-state index is 6.26. The lowest BCUT2D eigenvalue weighted by Gasteiger charge is -2.08. The minimum absolute atomic E-state index is 0.713. The topological polar surface area (TPSA) is 25.5 Å². The molecule has 1 heterocycles. The Bertz CT molecular complexity index is 1100. The van der Waals surface area contributed by atoms with E-state index in [9.17, 15) is 0 Å². The molecular formula is C26H27NO. The molecule has 3 rings (SSSR count). The average molecular weight is 370 g/mol. The van der Waals surface area contributed by atoms with Crippen LogP contribution in [0.2, 0.25) is 0 Å². The molecule has 142 valence electrons. The van der Waals surface area contributed by atoms with Crippen LogP contribution in [0.3, 0.4) is 0 Å². The van der Waals surface area contributed by atoms with Gasteiger partial charge in [0.2, 0.25) is 0 Å². The van der Waals surface area contributed by atoms with Crippen molar-refractivity contribution in [3.8, 4) is 11.3 Å². The minimum atomic E-state index is 0.713. The van der Waals surface area contributed by atoms with Gasteiger partial charge in [0.15, 0.2) is 0 Å². The molecular weight excluding hydrogens is 342 g/mol. The van der Waals surface area contributed by atoms with E-state index < -0.39 is 0 Å². The highest BCUT2D eigenvalue weighted by Gasteiger charge is 2.08. The number of hydrogen-bond acceptors (Lipinski definition) is 2. The summed E-state index contributed by atoms with van der Waals surface area (Å²) in [6.45, 7) is 10.8. The molecule has 0 atom stereocenters. The fourth-order valence-corrected chi connectivity index (χ4v) is 3.44. The molecule has 0 fully saturated rings. The Morgan fingerprint density at radius 3 is 2.61 bits per heavy atom. The van der Waals surface area contributed by atoms with Gasteiger partial charge in [0.1, 0.15) is 11.3 Å². The van der Waals surface area contributed by atoms with Gasteiger partial charge in [0.05, 0.1) is 5.36 Å². The number of rotatable bonds is 6. The zero-order valence-electron chi connectivity index (χ0n) is 16.9. The van der Waals surface area contributed by atoms with E-state index in [1.165, 1.54) is 16.7 Å². The molecule has 0 amide bonds. The molecule has 0 saturated carbocycles. The zero-order chi connectivity index (χ0) is 19.9. The lowest BCUT2D eigenvalue weighted by atomic mass is 10.0. The summed E-state index contributed by atoms with van der Waals surface area (Å²) in [5, 5.41) is 2.07. The van der Waals surface area contributed by atoms with E-state index in [1.54, 1.807) is 0 Å². The van der Waals surface area contributed by atoms with E-state index >= 15 is 0 Å². The van der Waals surface area contributed by atoms with Crippen LogP contribution < -0.4 is 5.36 Å². The monoisotopic (exact) mass is 369 g/mol. The predicted octanol–water partition coefficient (Wildman–Crippen LogP) is 6.70. The number of hydrogen-bond donors (Lipinski definition) is 0. The summed E-state index contributed by atoms with van der Waals surface area (Å²) in [6, 6.07) is 16.5. The first kappa shape index (κ1) is 19.6. The van der Waals surface area contributed by atoms with Crippen molar-refractivity contribution >= 4 is 11.0 Å². The van der Waals surface area contributed by atoms with E-state index in [4.69, 9.17) is 9.41 Å². The van der Waals surface area contributed by atoms with Crippen molar-refractivity contribution in [1.29, 1.82) is 0 Å². The molecule has 2 aromatic carbocycles. The van der Waals surface area contributed by atoms with Gasteiger partial charge in [-0.15, -0.1) is 0 Å². The Morgan fingerprint density at radius 2 is 1.89 bits per heavy atom. The first-order valence-corrected chi connectivity index (χ1v) is 9.67. The second-order valence-corrected chi connectivity index (χ2v) is 6.93. The zero-order valence-corrected chi connectivity index (χ0v) is 16.9. The highest BCUT2D eigenvalue weighted by Crippen LogP contribution is 2.24. The van der Waals surface area contributed by atoms with Crippen LogP contribution in [-0.4, -0.2) is 6.54 Å². The largest absolute Gasteiger partial charge is 0.456 e. The van der Waals surface area contributed by atoms with Crippen LogP contribution in [0.15, 0.2) is 94.4 Å². The van der Waals surface area contributed by atoms with E-state index in [-0.39, 0.29) is 0 Å². The fourth-order valence-electron chi connectivity index (χ4n) is 3.44.